The lowest BCUT2D eigenvalue weighted by atomic mass is 9.86. The number of aliphatic hydroxyl groups excluding tert-OH is 1. The average molecular weight is 533 g/mol. The second kappa shape index (κ2) is 12.4. The van der Waals surface area contributed by atoms with E-state index in [0.29, 0.717) is 5.92 Å². The Hall–Kier alpha value is -0.726. The Balaban J connectivity index is 2.22. The second-order valence-electron chi connectivity index (χ2n) is 14.2. The van der Waals surface area contributed by atoms with Crippen LogP contribution in [0.2, 0.25) is 36.3 Å². The van der Waals surface area contributed by atoms with Crippen LogP contribution >= 0.6 is 0 Å². The third-order valence-corrected chi connectivity index (χ3v) is 18.4. The van der Waals surface area contributed by atoms with E-state index in [1.54, 1.807) is 0 Å². The molecule has 1 aromatic rings. The van der Waals surface area contributed by atoms with Crippen molar-refractivity contribution < 1.29 is 14.0 Å². The molecule has 5 heteroatoms. The maximum Gasteiger partial charge on any atom is 0.192 e. The molecule has 1 aromatic carbocycles. The van der Waals surface area contributed by atoms with Crippen LogP contribution < -0.4 is 0 Å². The molecule has 0 aromatic heterocycles. The van der Waals surface area contributed by atoms with Crippen molar-refractivity contribution in [3.63, 3.8) is 0 Å². The molecule has 0 heterocycles. The molecule has 36 heavy (non-hydrogen) atoms. The van der Waals surface area contributed by atoms with Crippen molar-refractivity contribution >= 4 is 16.6 Å². The molecule has 0 bridgehead atoms. The lowest BCUT2D eigenvalue weighted by Gasteiger charge is -2.41. The molecule has 1 saturated carbocycles. The van der Waals surface area contributed by atoms with Crippen LogP contribution in [0.1, 0.15) is 79.2 Å². The van der Waals surface area contributed by atoms with Crippen LogP contribution in [0.3, 0.4) is 0 Å². The molecule has 1 N–H and O–H groups in total. The van der Waals surface area contributed by atoms with E-state index in [9.17, 15) is 5.11 Å². The predicted octanol–water partition coefficient (Wildman–Crippen LogP) is 8.75. The van der Waals surface area contributed by atoms with Crippen LogP contribution in [0, 0.1) is 11.8 Å². The molecular formula is C31H56O3Si2. The van der Waals surface area contributed by atoms with Gasteiger partial charge in [-0.2, -0.15) is 0 Å². The van der Waals surface area contributed by atoms with Gasteiger partial charge < -0.3 is 14.0 Å². The van der Waals surface area contributed by atoms with E-state index in [-0.39, 0.29) is 34.3 Å². The molecule has 2 rings (SSSR count). The van der Waals surface area contributed by atoms with Gasteiger partial charge in [-0.05, 0) is 92.2 Å². The summed E-state index contributed by atoms with van der Waals surface area (Å²) < 4.78 is 14.0. The van der Waals surface area contributed by atoms with Gasteiger partial charge in [0.25, 0.3) is 0 Å². The fourth-order valence-electron chi connectivity index (χ4n) is 4.97. The highest BCUT2D eigenvalue weighted by atomic mass is 28.4. The summed E-state index contributed by atoms with van der Waals surface area (Å²) in [5.74, 6) is 0.564. The van der Waals surface area contributed by atoms with Crippen molar-refractivity contribution in [2.24, 2.45) is 11.8 Å². The summed E-state index contributed by atoms with van der Waals surface area (Å²) in [6, 6.07) is 10.8. The summed E-state index contributed by atoms with van der Waals surface area (Å²) in [5.41, 5.74) is 1.38. The van der Waals surface area contributed by atoms with Gasteiger partial charge in [-0.15, -0.1) is 6.58 Å². The Bertz CT molecular complexity index is 807. The fraction of sp³-hybridized carbons (Fsp3) is 0.742. The molecule has 0 aliphatic heterocycles. The van der Waals surface area contributed by atoms with Crippen molar-refractivity contribution in [3.8, 4) is 0 Å². The third kappa shape index (κ3) is 8.39. The Morgan fingerprint density at radius 2 is 1.53 bits per heavy atom. The molecule has 1 aliphatic rings. The summed E-state index contributed by atoms with van der Waals surface area (Å²) in [6.45, 7) is 27.3. The van der Waals surface area contributed by atoms with Crippen LogP contribution in [0.15, 0.2) is 43.0 Å². The number of hydrogen-bond acceptors (Lipinski definition) is 3. The lowest BCUT2D eigenvalue weighted by Crippen LogP contribution is -2.45. The van der Waals surface area contributed by atoms with Crippen LogP contribution in [0.25, 0.3) is 0 Å². The SMILES string of the molecule is C=CC[C@H]1[C@@H](O)CC(O[Si](C)(C)C(C)(C)C)[C@@H]1CC[C@H](CCc1ccccc1)O[Si](C)(C)C(C)(C)C. The third-order valence-electron chi connectivity index (χ3n) is 9.37. The van der Waals surface area contributed by atoms with Gasteiger partial charge in [0.05, 0.1) is 12.2 Å². The van der Waals surface area contributed by atoms with Gasteiger partial charge in [-0.1, -0.05) is 78.0 Å². The lowest BCUT2D eigenvalue weighted by molar-refractivity contribution is 0.0927. The number of allylic oxidation sites excluding steroid dienone is 1. The van der Waals surface area contributed by atoms with Crippen molar-refractivity contribution in [1.29, 1.82) is 0 Å². The van der Waals surface area contributed by atoms with Gasteiger partial charge in [0, 0.05) is 6.10 Å². The van der Waals surface area contributed by atoms with Crippen LogP contribution in [-0.2, 0) is 15.3 Å². The van der Waals surface area contributed by atoms with E-state index >= 15 is 0 Å². The normalized spacial score (nSPS) is 24.6. The number of aryl methyl sites for hydroxylation is 1. The van der Waals surface area contributed by atoms with Crippen LogP contribution in [0.5, 0.6) is 0 Å². The molecular weight excluding hydrogens is 477 g/mol. The highest BCUT2D eigenvalue weighted by Gasteiger charge is 2.47. The molecule has 0 radical (unpaired) electrons. The Morgan fingerprint density at radius 1 is 0.944 bits per heavy atom. The molecule has 0 amide bonds. The monoisotopic (exact) mass is 532 g/mol. The number of rotatable bonds is 12. The quantitative estimate of drug-likeness (QED) is 0.216. The van der Waals surface area contributed by atoms with Gasteiger partial charge in [0.1, 0.15) is 0 Å². The van der Waals surface area contributed by atoms with Crippen molar-refractivity contribution in [2.45, 2.75) is 135 Å². The fourth-order valence-corrected chi connectivity index (χ4v) is 7.77. The van der Waals surface area contributed by atoms with E-state index < -0.39 is 16.6 Å². The Kier molecular flexibility index (Phi) is 10.9. The van der Waals surface area contributed by atoms with Crippen LogP contribution in [-0.4, -0.2) is 40.1 Å². The first-order valence-electron chi connectivity index (χ1n) is 14.2. The van der Waals surface area contributed by atoms with Gasteiger partial charge in [-0.3, -0.25) is 0 Å². The first kappa shape index (κ1) is 31.5. The molecule has 206 valence electrons. The first-order valence-corrected chi connectivity index (χ1v) is 20.0. The second-order valence-corrected chi connectivity index (χ2v) is 23.7. The summed E-state index contributed by atoms with van der Waals surface area (Å²) in [6.07, 6.45) is 7.72. The Morgan fingerprint density at radius 3 is 2.06 bits per heavy atom. The summed E-state index contributed by atoms with van der Waals surface area (Å²) in [7, 11) is -3.83. The topological polar surface area (TPSA) is 38.7 Å². The zero-order valence-corrected chi connectivity index (χ0v) is 27.1. The van der Waals surface area contributed by atoms with E-state index in [1.807, 2.05) is 6.08 Å². The average Bonchev–Trinajstić information content (AvgIpc) is 3.02. The van der Waals surface area contributed by atoms with Crippen molar-refractivity contribution in [1.82, 2.24) is 0 Å². The maximum absolute atomic E-state index is 11.0. The minimum absolute atomic E-state index is 0.119. The van der Waals surface area contributed by atoms with Gasteiger partial charge in [-0.25, -0.2) is 0 Å². The molecule has 5 atom stereocenters. The molecule has 1 fully saturated rings. The molecule has 1 unspecified atom stereocenters. The smallest absolute Gasteiger partial charge is 0.192 e. The molecule has 0 spiro atoms. The van der Waals surface area contributed by atoms with E-state index in [4.69, 9.17) is 8.85 Å². The van der Waals surface area contributed by atoms with E-state index in [2.05, 4.69) is 105 Å². The number of hydrogen-bond donors (Lipinski definition) is 1. The standard InChI is InChI=1S/C31H56O3Si2/c1-12-16-26-27(29(23-28(26)32)34-36(10,11)31(5,6)7)22-21-25(33-35(8,9)30(2,3)4)20-19-24-17-14-13-15-18-24/h12-15,17-18,25-29,32H,1,16,19-23H2,2-11H3/t25-,26+,27+,28-,29?/m0/s1. The van der Waals surface area contributed by atoms with Gasteiger partial charge in [0.15, 0.2) is 16.6 Å². The maximum atomic E-state index is 11.0. The predicted molar refractivity (Wildman–Crippen MR) is 161 cm³/mol. The minimum Gasteiger partial charge on any atom is -0.414 e. The molecule has 3 nitrogen and oxygen atoms in total. The minimum atomic E-state index is -1.93. The zero-order chi connectivity index (χ0) is 27.4. The zero-order valence-electron chi connectivity index (χ0n) is 25.1. The Labute approximate surface area is 225 Å². The molecule has 1 aliphatic carbocycles. The van der Waals surface area contributed by atoms with E-state index in [0.717, 1.165) is 38.5 Å². The van der Waals surface area contributed by atoms with Crippen LogP contribution in [0.4, 0.5) is 0 Å². The van der Waals surface area contributed by atoms with Crippen molar-refractivity contribution in [3.05, 3.63) is 48.6 Å². The largest absolute Gasteiger partial charge is 0.414 e. The summed E-state index contributed by atoms with van der Waals surface area (Å²) in [4.78, 5) is 0. The summed E-state index contributed by atoms with van der Waals surface area (Å²) >= 11 is 0. The number of benzene rings is 1. The van der Waals surface area contributed by atoms with Gasteiger partial charge >= 0.3 is 0 Å². The summed E-state index contributed by atoms with van der Waals surface area (Å²) in [5, 5.41) is 11.4. The highest BCUT2D eigenvalue weighted by Crippen LogP contribution is 2.46. The van der Waals surface area contributed by atoms with E-state index in [1.165, 1.54) is 5.56 Å². The molecule has 0 saturated heterocycles. The van der Waals surface area contributed by atoms with Crippen molar-refractivity contribution in [2.75, 3.05) is 0 Å². The highest BCUT2D eigenvalue weighted by molar-refractivity contribution is 6.74. The number of aliphatic hydroxyl groups is 1. The first-order chi connectivity index (χ1) is 16.5. The van der Waals surface area contributed by atoms with Gasteiger partial charge in [0.2, 0.25) is 0 Å².